The van der Waals surface area contributed by atoms with Gasteiger partial charge in [-0.25, -0.2) is 0 Å². The molecule has 1 unspecified atom stereocenters. The van der Waals surface area contributed by atoms with Gasteiger partial charge in [0.05, 0.1) is 10.7 Å². The largest absolute Gasteiger partial charge is 0.392 e. The molecule has 1 amide bonds. The fraction of sp³-hybridized carbons (Fsp3) is 0.462. The molecule has 3 nitrogen and oxygen atoms in total. The van der Waals surface area contributed by atoms with Gasteiger partial charge in [-0.2, -0.15) is 0 Å². The minimum Gasteiger partial charge on any atom is -0.392 e. The number of aliphatic hydroxyl groups excluding tert-OH is 1. The summed E-state index contributed by atoms with van der Waals surface area (Å²) in [5, 5.41) is 11.8. The molecule has 0 aliphatic carbocycles. The van der Waals surface area contributed by atoms with Crippen molar-refractivity contribution >= 4 is 29.4 Å². The number of carbonyl (C=O) groups is 1. The van der Waals surface area contributed by atoms with Crippen LogP contribution in [0.25, 0.3) is 0 Å². The lowest BCUT2D eigenvalue weighted by molar-refractivity contribution is 0.0924. The summed E-state index contributed by atoms with van der Waals surface area (Å²) in [5.74, 6) is 2.27. The summed E-state index contributed by atoms with van der Waals surface area (Å²) in [5.41, 5.74) is 1.92. The second-order valence-electron chi connectivity index (χ2n) is 4.25. The first kappa shape index (κ1) is 13.8. The summed E-state index contributed by atoms with van der Waals surface area (Å²) in [6, 6.07) is 7.75. The minimum atomic E-state index is -0.514. The Kier molecular flexibility index (Phi) is 4.97. The first-order valence-corrected chi connectivity index (χ1v) is 8.06. The molecule has 1 aliphatic rings. The number of hydrogen-bond acceptors (Lipinski definition) is 4. The maximum absolute atomic E-state index is 11.7. The van der Waals surface area contributed by atoms with Crippen LogP contribution in [0.4, 0.5) is 0 Å². The van der Waals surface area contributed by atoms with Crippen molar-refractivity contribution in [3.05, 3.63) is 35.4 Å². The Labute approximate surface area is 116 Å². The van der Waals surface area contributed by atoms with E-state index in [-0.39, 0.29) is 12.5 Å². The van der Waals surface area contributed by atoms with Gasteiger partial charge in [0.1, 0.15) is 0 Å². The van der Waals surface area contributed by atoms with Gasteiger partial charge in [0.2, 0.25) is 0 Å². The molecule has 2 N–H and O–H groups in total. The van der Waals surface area contributed by atoms with E-state index >= 15 is 0 Å². The number of thioether (sulfide) groups is 2. The number of carbonyl (C=O) groups excluding carboxylic acids is 1. The third kappa shape index (κ3) is 3.67. The molecule has 18 heavy (non-hydrogen) atoms. The van der Waals surface area contributed by atoms with Crippen molar-refractivity contribution in [3.63, 3.8) is 0 Å². The van der Waals surface area contributed by atoms with E-state index in [0.29, 0.717) is 10.1 Å². The van der Waals surface area contributed by atoms with Crippen LogP contribution in [0.5, 0.6) is 0 Å². The fourth-order valence-electron chi connectivity index (χ4n) is 1.68. The lowest BCUT2D eigenvalue weighted by Crippen LogP contribution is -2.30. The van der Waals surface area contributed by atoms with E-state index < -0.39 is 6.10 Å². The standard InChI is InChI=1S/C13H17NO2S2/c1-9(15)8-14-12(16)10-2-4-11(5-3-10)13-17-6-7-18-13/h2-5,9,13,15H,6-8H2,1H3,(H,14,16). The van der Waals surface area contributed by atoms with Crippen molar-refractivity contribution in [2.75, 3.05) is 18.1 Å². The van der Waals surface area contributed by atoms with E-state index in [0.717, 1.165) is 0 Å². The van der Waals surface area contributed by atoms with Gasteiger partial charge in [-0.05, 0) is 24.6 Å². The molecule has 1 atom stereocenters. The predicted octanol–water partition coefficient (Wildman–Crippen LogP) is 2.28. The molecule has 0 saturated carbocycles. The van der Waals surface area contributed by atoms with Crippen LogP contribution in [0.2, 0.25) is 0 Å². The van der Waals surface area contributed by atoms with Gasteiger partial charge < -0.3 is 10.4 Å². The van der Waals surface area contributed by atoms with E-state index in [1.165, 1.54) is 17.1 Å². The van der Waals surface area contributed by atoms with Gasteiger partial charge in [-0.3, -0.25) is 4.79 Å². The molecule has 1 saturated heterocycles. The summed E-state index contributed by atoms with van der Waals surface area (Å²) in [6.45, 7) is 1.94. The topological polar surface area (TPSA) is 49.3 Å². The van der Waals surface area contributed by atoms with Gasteiger partial charge in [-0.1, -0.05) is 12.1 Å². The molecular weight excluding hydrogens is 266 g/mol. The molecule has 1 aromatic carbocycles. The monoisotopic (exact) mass is 283 g/mol. The van der Waals surface area contributed by atoms with Crippen molar-refractivity contribution in [1.82, 2.24) is 5.32 Å². The molecule has 98 valence electrons. The smallest absolute Gasteiger partial charge is 0.251 e. The van der Waals surface area contributed by atoms with Gasteiger partial charge in [0.25, 0.3) is 5.91 Å². The van der Waals surface area contributed by atoms with Crippen LogP contribution in [0.1, 0.15) is 27.4 Å². The molecule has 1 aliphatic heterocycles. The second-order valence-corrected chi connectivity index (χ2v) is 6.98. The van der Waals surface area contributed by atoms with E-state index in [1.807, 2.05) is 47.8 Å². The first-order valence-electron chi connectivity index (χ1n) is 5.96. The molecule has 0 spiro atoms. The number of benzene rings is 1. The van der Waals surface area contributed by atoms with Crippen molar-refractivity contribution in [1.29, 1.82) is 0 Å². The molecule has 1 fully saturated rings. The van der Waals surface area contributed by atoms with Crippen LogP contribution in [0, 0.1) is 0 Å². The van der Waals surface area contributed by atoms with Crippen molar-refractivity contribution < 1.29 is 9.90 Å². The highest BCUT2D eigenvalue weighted by atomic mass is 32.2. The van der Waals surface area contributed by atoms with E-state index in [9.17, 15) is 4.79 Å². The lowest BCUT2D eigenvalue weighted by Gasteiger charge is -2.10. The van der Waals surface area contributed by atoms with Gasteiger partial charge in [0.15, 0.2) is 0 Å². The van der Waals surface area contributed by atoms with Crippen molar-refractivity contribution in [3.8, 4) is 0 Å². The number of amides is 1. The number of hydrogen-bond donors (Lipinski definition) is 2. The highest BCUT2D eigenvalue weighted by Crippen LogP contribution is 2.45. The summed E-state index contributed by atoms with van der Waals surface area (Å²) < 4.78 is 0.513. The summed E-state index contributed by atoms with van der Waals surface area (Å²) in [4.78, 5) is 11.7. The highest BCUT2D eigenvalue weighted by Gasteiger charge is 2.18. The molecule has 0 radical (unpaired) electrons. The maximum Gasteiger partial charge on any atom is 0.251 e. The van der Waals surface area contributed by atoms with E-state index in [1.54, 1.807) is 6.92 Å². The zero-order valence-corrected chi connectivity index (χ0v) is 11.9. The number of rotatable bonds is 4. The Morgan fingerprint density at radius 3 is 2.56 bits per heavy atom. The normalized spacial score (nSPS) is 17.7. The van der Waals surface area contributed by atoms with E-state index in [2.05, 4.69) is 5.32 Å². The molecule has 5 heteroatoms. The quantitative estimate of drug-likeness (QED) is 0.890. The van der Waals surface area contributed by atoms with Crippen LogP contribution in [0.15, 0.2) is 24.3 Å². The summed E-state index contributed by atoms with van der Waals surface area (Å²) in [7, 11) is 0. The molecule has 0 bridgehead atoms. The number of aliphatic hydroxyl groups is 1. The molecule has 1 aromatic rings. The van der Waals surface area contributed by atoms with Crippen LogP contribution in [0.3, 0.4) is 0 Å². The zero-order chi connectivity index (χ0) is 13.0. The summed E-state index contributed by atoms with van der Waals surface area (Å²) in [6.07, 6.45) is -0.514. The Hall–Kier alpha value is -0.650. The molecule has 0 aromatic heterocycles. The average Bonchev–Trinajstić information content (AvgIpc) is 2.90. The van der Waals surface area contributed by atoms with Crippen LogP contribution >= 0.6 is 23.5 Å². The SMILES string of the molecule is CC(O)CNC(=O)c1ccc(C2SCCS2)cc1. The van der Waals surface area contributed by atoms with Gasteiger partial charge >= 0.3 is 0 Å². The highest BCUT2D eigenvalue weighted by molar-refractivity contribution is 8.19. The van der Waals surface area contributed by atoms with Crippen molar-refractivity contribution in [2.24, 2.45) is 0 Å². The molecule has 2 rings (SSSR count). The minimum absolute atomic E-state index is 0.130. The number of nitrogens with one attached hydrogen (secondary N) is 1. The Balaban J connectivity index is 1.96. The third-order valence-electron chi connectivity index (χ3n) is 2.62. The zero-order valence-electron chi connectivity index (χ0n) is 10.3. The Bertz CT molecular complexity index is 400. The van der Waals surface area contributed by atoms with Crippen molar-refractivity contribution in [2.45, 2.75) is 17.6 Å². The van der Waals surface area contributed by atoms with Crippen LogP contribution < -0.4 is 5.32 Å². The Morgan fingerprint density at radius 2 is 2.00 bits per heavy atom. The van der Waals surface area contributed by atoms with E-state index in [4.69, 9.17) is 5.11 Å². The fourth-order valence-corrected chi connectivity index (χ4v) is 4.54. The predicted molar refractivity (Wildman–Crippen MR) is 78.1 cm³/mol. The first-order chi connectivity index (χ1) is 8.66. The average molecular weight is 283 g/mol. The lowest BCUT2D eigenvalue weighted by atomic mass is 10.1. The summed E-state index contributed by atoms with van der Waals surface area (Å²) >= 11 is 3.91. The van der Waals surface area contributed by atoms with Gasteiger partial charge in [0, 0.05) is 23.6 Å². The van der Waals surface area contributed by atoms with Crippen LogP contribution in [-0.2, 0) is 0 Å². The van der Waals surface area contributed by atoms with Crippen LogP contribution in [-0.4, -0.2) is 35.2 Å². The Morgan fingerprint density at radius 1 is 1.39 bits per heavy atom. The molecule has 1 heterocycles. The van der Waals surface area contributed by atoms with Gasteiger partial charge in [-0.15, -0.1) is 23.5 Å². The molecular formula is C13H17NO2S2. The third-order valence-corrected chi connectivity index (χ3v) is 5.73. The second kappa shape index (κ2) is 6.50. The maximum atomic E-state index is 11.7.